The molecule has 2 amide bonds. The average molecular weight is 367 g/mol. The largest absolute Gasteiger partial charge is 0.325 e. The highest BCUT2D eigenvalue weighted by molar-refractivity contribution is 7.14. The van der Waals surface area contributed by atoms with Gasteiger partial charge in [-0.05, 0) is 31.0 Å². The lowest BCUT2D eigenvalue weighted by Gasteiger charge is -2.09. The second kappa shape index (κ2) is 7.83. The van der Waals surface area contributed by atoms with Crippen LogP contribution in [0.25, 0.3) is 0 Å². The minimum Gasteiger partial charge on any atom is -0.325 e. The zero-order valence-electron chi connectivity index (χ0n) is 14.3. The summed E-state index contributed by atoms with van der Waals surface area (Å²) in [4.78, 5) is 36.3. The Balaban J connectivity index is 1.60. The standard InChI is InChI=1S/C18H17N5O2S/c1-11-4-3-5-14(12(11)2)22-16(24)8-13-10-26-18(21-13)23-17(25)15-9-19-6-7-20-15/h3-7,9-10H,8H2,1-2H3,(H,22,24)(H,21,23,25). The first kappa shape index (κ1) is 17.7. The first-order valence-electron chi connectivity index (χ1n) is 7.91. The zero-order chi connectivity index (χ0) is 18.5. The molecule has 0 spiro atoms. The van der Waals surface area contributed by atoms with Gasteiger partial charge in [0.1, 0.15) is 5.69 Å². The summed E-state index contributed by atoms with van der Waals surface area (Å²) in [6, 6.07) is 5.77. The van der Waals surface area contributed by atoms with E-state index in [0.717, 1.165) is 16.8 Å². The fraction of sp³-hybridized carbons (Fsp3) is 0.167. The molecule has 3 rings (SSSR count). The van der Waals surface area contributed by atoms with E-state index in [9.17, 15) is 9.59 Å². The first-order valence-corrected chi connectivity index (χ1v) is 8.78. The van der Waals surface area contributed by atoms with Crippen LogP contribution in [-0.4, -0.2) is 26.8 Å². The quantitative estimate of drug-likeness (QED) is 0.723. The third kappa shape index (κ3) is 4.28. The van der Waals surface area contributed by atoms with Gasteiger partial charge in [0.05, 0.1) is 18.3 Å². The van der Waals surface area contributed by atoms with Gasteiger partial charge in [-0.25, -0.2) is 9.97 Å². The minimum absolute atomic E-state index is 0.130. The summed E-state index contributed by atoms with van der Waals surface area (Å²) in [7, 11) is 0. The highest BCUT2D eigenvalue weighted by atomic mass is 32.1. The molecule has 0 fully saturated rings. The number of aromatic nitrogens is 3. The van der Waals surface area contributed by atoms with E-state index in [-0.39, 0.29) is 23.9 Å². The van der Waals surface area contributed by atoms with E-state index >= 15 is 0 Å². The van der Waals surface area contributed by atoms with Crippen molar-refractivity contribution in [3.63, 3.8) is 0 Å². The molecular weight excluding hydrogens is 350 g/mol. The van der Waals surface area contributed by atoms with E-state index in [4.69, 9.17) is 0 Å². The number of hydrogen-bond acceptors (Lipinski definition) is 6. The van der Waals surface area contributed by atoms with E-state index in [2.05, 4.69) is 25.6 Å². The molecule has 1 aromatic carbocycles. The molecule has 2 aromatic heterocycles. The molecule has 0 aliphatic heterocycles. The van der Waals surface area contributed by atoms with Gasteiger partial charge in [-0.15, -0.1) is 11.3 Å². The third-order valence-corrected chi connectivity index (χ3v) is 4.59. The monoisotopic (exact) mass is 367 g/mol. The van der Waals surface area contributed by atoms with Gasteiger partial charge in [0.2, 0.25) is 5.91 Å². The molecule has 0 radical (unpaired) electrons. The van der Waals surface area contributed by atoms with Crippen molar-refractivity contribution in [3.05, 3.63) is 64.7 Å². The Morgan fingerprint density at radius 1 is 1.15 bits per heavy atom. The van der Waals surface area contributed by atoms with Crippen LogP contribution in [0.3, 0.4) is 0 Å². The number of amides is 2. The smallest absolute Gasteiger partial charge is 0.277 e. The Kier molecular flexibility index (Phi) is 5.33. The predicted octanol–water partition coefficient (Wildman–Crippen LogP) is 2.98. The summed E-state index contributed by atoms with van der Waals surface area (Å²) in [6.45, 7) is 3.96. The topological polar surface area (TPSA) is 96.9 Å². The molecule has 7 nitrogen and oxygen atoms in total. The van der Waals surface area contributed by atoms with Crippen LogP contribution in [-0.2, 0) is 11.2 Å². The van der Waals surface area contributed by atoms with Crippen LogP contribution in [0.1, 0.15) is 27.3 Å². The molecule has 0 saturated heterocycles. The van der Waals surface area contributed by atoms with Gasteiger partial charge in [-0.1, -0.05) is 12.1 Å². The number of benzene rings is 1. The van der Waals surface area contributed by atoms with Crippen LogP contribution in [0.5, 0.6) is 0 Å². The van der Waals surface area contributed by atoms with Crippen LogP contribution in [0.4, 0.5) is 10.8 Å². The summed E-state index contributed by atoms with van der Waals surface area (Å²) in [5.74, 6) is -0.547. The lowest BCUT2D eigenvalue weighted by molar-refractivity contribution is -0.115. The fourth-order valence-corrected chi connectivity index (χ4v) is 2.97. The third-order valence-electron chi connectivity index (χ3n) is 3.79. The molecule has 8 heteroatoms. The molecular formula is C18H17N5O2S. The summed E-state index contributed by atoms with van der Waals surface area (Å²) < 4.78 is 0. The molecule has 2 heterocycles. The lowest BCUT2D eigenvalue weighted by Crippen LogP contribution is -2.16. The van der Waals surface area contributed by atoms with E-state index in [0.29, 0.717) is 10.8 Å². The Morgan fingerprint density at radius 3 is 2.77 bits per heavy atom. The molecule has 3 aromatic rings. The summed E-state index contributed by atoms with van der Waals surface area (Å²) in [5, 5.41) is 7.71. The maximum atomic E-state index is 12.2. The van der Waals surface area contributed by atoms with Crippen molar-refractivity contribution in [2.75, 3.05) is 10.6 Å². The summed E-state index contributed by atoms with van der Waals surface area (Å²) in [6.07, 6.45) is 4.44. The zero-order valence-corrected chi connectivity index (χ0v) is 15.1. The SMILES string of the molecule is Cc1cccc(NC(=O)Cc2csc(NC(=O)c3cnccn3)n2)c1C. The first-order chi connectivity index (χ1) is 12.5. The molecule has 0 unspecified atom stereocenters. The average Bonchev–Trinajstić information content (AvgIpc) is 3.06. The number of carbonyl (C=O) groups is 2. The highest BCUT2D eigenvalue weighted by Gasteiger charge is 2.13. The van der Waals surface area contributed by atoms with Crippen molar-refractivity contribution in [3.8, 4) is 0 Å². The van der Waals surface area contributed by atoms with Crippen LogP contribution in [0.2, 0.25) is 0 Å². The number of carbonyl (C=O) groups excluding carboxylic acids is 2. The van der Waals surface area contributed by atoms with E-state index < -0.39 is 0 Å². The van der Waals surface area contributed by atoms with Crippen molar-refractivity contribution < 1.29 is 9.59 Å². The number of nitrogens with one attached hydrogen (secondary N) is 2. The lowest BCUT2D eigenvalue weighted by atomic mass is 10.1. The highest BCUT2D eigenvalue weighted by Crippen LogP contribution is 2.20. The predicted molar refractivity (Wildman–Crippen MR) is 100 cm³/mol. The van der Waals surface area contributed by atoms with Gasteiger partial charge < -0.3 is 5.32 Å². The number of thiazole rings is 1. The Labute approximate surface area is 154 Å². The normalized spacial score (nSPS) is 10.4. The van der Waals surface area contributed by atoms with E-state index in [1.807, 2.05) is 32.0 Å². The van der Waals surface area contributed by atoms with Crippen molar-refractivity contribution in [2.45, 2.75) is 20.3 Å². The van der Waals surface area contributed by atoms with Crippen molar-refractivity contribution >= 4 is 34.0 Å². The van der Waals surface area contributed by atoms with E-state index in [1.54, 1.807) is 5.38 Å². The molecule has 0 bridgehead atoms. The van der Waals surface area contributed by atoms with E-state index in [1.165, 1.54) is 29.9 Å². The van der Waals surface area contributed by atoms with Crippen molar-refractivity contribution in [1.29, 1.82) is 0 Å². The number of rotatable bonds is 5. The molecule has 0 atom stereocenters. The van der Waals surface area contributed by atoms with Crippen LogP contribution in [0, 0.1) is 13.8 Å². The second-order valence-corrected chi connectivity index (χ2v) is 6.52. The van der Waals surface area contributed by atoms with Gasteiger partial charge in [-0.3, -0.25) is 19.9 Å². The Hall–Kier alpha value is -3.13. The molecule has 2 N–H and O–H groups in total. The van der Waals surface area contributed by atoms with Crippen LogP contribution < -0.4 is 10.6 Å². The molecule has 0 saturated carbocycles. The molecule has 0 aliphatic rings. The van der Waals surface area contributed by atoms with Crippen LogP contribution >= 0.6 is 11.3 Å². The number of nitrogens with zero attached hydrogens (tertiary/aromatic N) is 3. The van der Waals surface area contributed by atoms with Gasteiger partial charge in [0.25, 0.3) is 5.91 Å². The second-order valence-electron chi connectivity index (χ2n) is 5.66. The number of hydrogen-bond donors (Lipinski definition) is 2. The number of aryl methyl sites for hydroxylation is 1. The number of anilines is 2. The maximum Gasteiger partial charge on any atom is 0.277 e. The van der Waals surface area contributed by atoms with Gasteiger partial charge in [0, 0.05) is 23.5 Å². The Bertz CT molecular complexity index is 940. The van der Waals surface area contributed by atoms with Gasteiger partial charge in [-0.2, -0.15) is 0 Å². The fourth-order valence-electron chi connectivity index (χ4n) is 2.27. The summed E-state index contributed by atoms with van der Waals surface area (Å²) in [5.41, 5.74) is 3.74. The van der Waals surface area contributed by atoms with Crippen LogP contribution in [0.15, 0.2) is 42.2 Å². The molecule has 26 heavy (non-hydrogen) atoms. The van der Waals surface area contributed by atoms with Gasteiger partial charge >= 0.3 is 0 Å². The summed E-state index contributed by atoms with van der Waals surface area (Å²) >= 11 is 1.26. The van der Waals surface area contributed by atoms with Gasteiger partial charge in [0.15, 0.2) is 5.13 Å². The van der Waals surface area contributed by atoms with Crippen molar-refractivity contribution in [2.24, 2.45) is 0 Å². The molecule has 132 valence electrons. The maximum absolute atomic E-state index is 12.2. The Morgan fingerprint density at radius 2 is 2.00 bits per heavy atom. The van der Waals surface area contributed by atoms with Crippen molar-refractivity contribution in [1.82, 2.24) is 15.0 Å². The molecule has 0 aliphatic carbocycles. The minimum atomic E-state index is -0.390.